The van der Waals surface area contributed by atoms with Gasteiger partial charge in [0.05, 0.1) is 0 Å². The van der Waals surface area contributed by atoms with Crippen molar-refractivity contribution in [3.05, 3.63) is 70.9 Å². The quantitative estimate of drug-likeness (QED) is 0.513. The molecule has 4 nitrogen and oxygen atoms in total. The number of rotatable bonds is 7. The van der Waals surface area contributed by atoms with Crippen LogP contribution in [-0.4, -0.2) is 5.91 Å². The van der Waals surface area contributed by atoms with Crippen molar-refractivity contribution in [1.82, 2.24) is 0 Å². The van der Waals surface area contributed by atoms with E-state index in [2.05, 4.69) is 50.5 Å². The topological polar surface area (TPSA) is 64.9 Å². The lowest BCUT2D eigenvalue weighted by molar-refractivity contribution is -0.112. The van der Waals surface area contributed by atoms with Crippen molar-refractivity contribution in [1.29, 1.82) is 5.26 Å². The molecule has 2 aromatic rings. The number of aryl methyl sites for hydroxylation is 2. The molecule has 4 heteroatoms. The van der Waals surface area contributed by atoms with Crippen LogP contribution in [-0.2, 0) is 17.6 Å². The van der Waals surface area contributed by atoms with Crippen LogP contribution < -0.4 is 10.6 Å². The van der Waals surface area contributed by atoms with Crippen LogP contribution in [0, 0.1) is 11.3 Å². The van der Waals surface area contributed by atoms with Gasteiger partial charge < -0.3 is 10.6 Å². The highest BCUT2D eigenvalue weighted by atomic mass is 16.1. The number of amides is 1. The molecule has 0 aliphatic rings. The molecule has 0 saturated heterocycles. The Morgan fingerprint density at radius 3 is 2.26 bits per heavy atom. The zero-order valence-electron chi connectivity index (χ0n) is 16.5. The normalized spacial score (nSPS) is 11.2. The van der Waals surface area contributed by atoms with E-state index in [9.17, 15) is 10.1 Å². The average Bonchev–Trinajstić information content (AvgIpc) is 2.68. The zero-order chi connectivity index (χ0) is 19.8. The molecule has 0 heterocycles. The van der Waals surface area contributed by atoms with Crippen LogP contribution >= 0.6 is 0 Å². The number of carbonyl (C=O) groups excluding carboxylic acids is 1. The first-order chi connectivity index (χ1) is 13.0. The van der Waals surface area contributed by atoms with E-state index in [0.717, 1.165) is 40.9 Å². The number of para-hydroxylation sites is 2. The van der Waals surface area contributed by atoms with Crippen molar-refractivity contribution in [3.8, 4) is 6.07 Å². The molecule has 27 heavy (non-hydrogen) atoms. The second-order valence-electron chi connectivity index (χ2n) is 6.67. The number of hydrogen-bond acceptors (Lipinski definition) is 3. The molecule has 2 N–H and O–H groups in total. The van der Waals surface area contributed by atoms with Crippen molar-refractivity contribution >= 4 is 17.3 Å². The lowest BCUT2D eigenvalue weighted by Crippen LogP contribution is -2.16. The van der Waals surface area contributed by atoms with Gasteiger partial charge in [-0.25, -0.2) is 0 Å². The van der Waals surface area contributed by atoms with Gasteiger partial charge in [0.2, 0.25) is 0 Å². The van der Waals surface area contributed by atoms with Crippen molar-refractivity contribution in [2.24, 2.45) is 0 Å². The summed E-state index contributed by atoms with van der Waals surface area (Å²) in [5, 5.41) is 15.5. The molecule has 0 aliphatic carbocycles. The smallest absolute Gasteiger partial charge is 0.267 e. The van der Waals surface area contributed by atoms with Crippen LogP contribution in [0.3, 0.4) is 0 Å². The minimum atomic E-state index is -0.412. The number of nitriles is 1. The number of hydrogen-bond donors (Lipinski definition) is 2. The fraction of sp³-hybridized carbons (Fsp3) is 0.304. The molecule has 0 fully saturated rings. The third-order valence-electron chi connectivity index (χ3n) is 4.56. The second-order valence-corrected chi connectivity index (χ2v) is 6.67. The Balaban J connectivity index is 2.25. The van der Waals surface area contributed by atoms with Gasteiger partial charge in [0.25, 0.3) is 5.91 Å². The Kier molecular flexibility index (Phi) is 7.19. The second kappa shape index (κ2) is 9.59. The number of anilines is 2. The fourth-order valence-corrected chi connectivity index (χ4v) is 3.02. The average molecular weight is 361 g/mol. The Labute approximate surface area is 161 Å². The molecule has 2 aromatic carbocycles. The molecule has 0 radical (unpaired) electrons. The summed E-state index contributed by atoms with van der Waals surface area (Å²) in [6.45, 7) is 8.32. The lowest BCUT2D eigenvalue weighted by atomic mass is 10.0. The third kappa shape index (κ3) is 4.98. The van der Waals surface area contributed by atoms with Crippen LogP contribution in [0.5, 0.6) is 0 Å². The molecule has 1 amide bonds. The van der Waals surface area contributed by atoms with Crippen molar-refractivity contribution in [3.63, 3.8) is 0 Å². The first-order valence-electron chi connectivity index (χ1n) is 9.39. The maximum Gasteiger partial charge on any atom is 0.267 e. The summed E-state index contributed by atoms with van der Waals surface area (Å²) in [6, 6.07) is 15.8. The predicted octanol–water partition coefficient (Wildman–Crippen LogP) is 5.39. The SMILES string of the molecule is CCc1cccc(CC)c1N/C=C(/C#N)C(=O)Nc1ccccc1C(C)C. The molecule has 0 saturated carbocycles. The minimum Gasteiger partial charge on any atom is -0.360 e. The maximum atomic E-state index is 12.6. The van der Waals surface area contributed by atoms with Crippen molar-refractivity contribution in [2.45, 2.75) is 46.5 Å². The first-order valence-corrected chi connectivity index (χ1v) is 9.39. The Morgan fingerprint density at radius 1 is 1.07 bits per heavy atom. The van der Waals surface area contributed by atoms with Gasteiger partial charge in [-0.2, -0.15) is 5.26 Å². The van der Waals surface area contributed by atoms with Gasteiger partial charge in [-0.05, 0) is 41.5 Å². The van der Waals surface area contributed by atoms with Gasteiger partial charge in [0.15, 0.2) is 0 Å². The Hall–Kier alpha value is -3.06. The highest BCUT2D eigenvalue weighted by Gasteiger charge is 2.13. The van der Waals surface area contributed by atoms with Crippen molar-refractivity contribution in [2.75, 3.05) is 10.6 Å². The molecule has 0 atom stereocenters. The standard InChI is InChI=1S/C23H27N3O/c1-5-17-10-9-11-18(6-2)22(17)25-15-19(14-24)23(27)26-21-13-8-7-12-20(21)16(3)4/h7-13,15-16,25H,5-6H2,1-4H3,(H,26,27)/b19-15-. The van der Waals surface area contributed by atoms with Crippen molar-refractivity contribution < 1.29 is 4.79 Å². The summed E-state index contributed by atoms with van der Waals surface area (Å²) < 4.78 is 0. The number of benzene rings is 2. The van der Waals surface area contributed by atoms with E-state index in [1.165, 1.54) is 6.20 Å². The molecule has 0 aliphatic heterocycles. The summed E-state index contributed by atoms with van der Waals surface area (Å²) in [5.41, 5.74) is 5.12. The van der Waals surface area contributed by atoms with Crippen LogP contribution in [0.2, 0.25) is 0 Å². The van der Waals surface area contributed by atoms with E-state index in [4.69, 9.17) is 0 Å². The first kappa shape index (κ1) is 20.3. The Bertz CT molecular complexity index is 853. The molecule has 2 rings (SSSR count). The lowest BCUT2D eigenvalue weighted by Gasteiger charge is -2.14. The highest BCUT2D eigenvalue weighted by Crippen LogP contribution is 2.25. The molecule has 0 unspecified atom stereocenters. The summed E-state index contributed by atoms with van der Waals surface area (Å²) in [7, 11) is 0. The van der Waals surface area contributed by atoms with E-state index >= 15 is 0 Å². The number of nitrogens with one attached hydrogen (secondary N) is 2. The molecule has 0 spiro atoms. The zero-order valence-corrected chi connectivity index (χ0v) is 16.5. The van der Waals surface area contributed by atoms with Gasteiger partial charge in [0, 0.05) is 17.6 Å². The van der Waals surface area contributed by atoms with Gasteiger partial charge in [-0.1, -0.05) is 64.1 Å². The van der Waals surface area contributed by atoms with E-state index in [1.807, 2.05) is 36.4 Å². The summed E-state index contributed by atoms with van der Waals surface area (Å²) in [5.74, 6) is -0.136. The van der Waals surface area contributed by atoms with Gasteiger partial charge in [-0.3, -0.25) is 4.79 Å². The van der Waals surface area contributed by atoms with Crippen LogP contribution in [0.15, 0.2) is 54.2 Å². The Morgan fingerprint density at radius 2 is 1.70 bits per heavy atom. The monoisotopic (exact) mass is 361 g/mol. The van der Waals surface area contributed by atoms with Crippen LogP contribution in [0.1, 0.15) is 50.3 Å². The van der Waals surface area contributed by atoms with E-state index in [1.54, 1.807) is 0 Å². The van der Waals surface area contributed by atoms with E-state index < -0.39 is 5.91 Å². The van der Waals surface area contributed by atoms with Gasteiger partial charge in [0.1, 0.15) is 11.6 Å². The van der Waals surface area contributed by atoms with Gasteiger partial charge >= 0.3 is 0 Å². The number of nitrogens with zero attached hydrogens (tertiary/aromatic N) is 1. The van der Waals surface area contributed by atoms with E-state index in [0.29, 0.717) is 0 Å². The summed E-state index contributed by atoms with van der Waals surface area (Å²) in [4.78, 5) is 12.6. The largest absolute Gasteiger partial charge is 0.360 e. The minimum absolute atomic E-state index is 0.0431. The maximum absolute atomic E-state index is 12.6. The summed E-state index contributed by atoms with van der Waals surface area (Å²) in [6.07, 6.45) is 3.25. The molecular weight excluding hydrogens is 334 g/mol. The van der Waals surface area contributed by atoms with Crippen LogP contribution in [0.25, 0.3) is 0 Å². The van der Waals surface area contributed by atoms with Gasteiger partial charge in [-0.15, -0.1) is 0 Å². The van der Waals surface area contributed by atoms with E-state index in [-0.39, 0.29) is 11.5 Å². The molecule has 0 aromatic heterocycles. The third-order valence-corrected chi connectivity index (χ3v) is 4.56. The summed E-state index contributed by atoms with van der Waals surface area (Å²) >= 11 is 0. The predicted molar refractivity (Wildman–Crippen MR) is 112 cm³/mol. The molecular formula is C23H27N3O. The fourth-order valence-electron chi connectivity index (χ4n) is 3.02. The highest BCUT2D eigenvalue weighted by molar-refractivity contribution is 6.07. The number of carbonyl (C=O) groups is 1. The molecule has 140 valence electrons. The van der Waals surface area contributed by atoms with Crippen LogP contribution in [0.4, 0.5) is 11.4 Å². The molecule has 0 bridgehead atoms.